The van der Waals surface area contributed by atoms with Crippen LogP contribution in [0.15, 0.2) is 18.2 Å². The van der Waals surface area contributed by atoms with E-state index in [0.717, 1.165) is 38.3 Å². The van der Waals surface area contributed by atoms with Gasteiger partial charge in [0.25, 0.3) is 0 Å². The molecular weight excluding hydrogens is 322 g/mol. The van der Waals surface area contributed by atoms with Crippen molar-refractivity contribution in [1.29, 1.82) is 0 Å². The molecular formula is C18H27N3O4. The second-order valence-electron chi connectivity index (χ2n) is 6.37. The minimum Gasteiger partial charge on any atom is -0.490 e. The molecule has 0 bridgehead atoms. The van der Waals surface area contributed by atoms with E-state index in [4.69, 9.17) is 14.2 Å². The third-order valence-electron chi connectivity index (χ3n) is 4.59. The fourth-order valence-corrected chi connectivity index (χ4v) is 3.26. The van der Waals surface area contributed by atoms with Crippen molar-refractivity contribution in [2.24, 2.45) is 0 Å². The van der Waals surface area contributed by atoms with Crippen molar-refractivity contribution in [2.45, 2.75) is 25.3 Å². The first-order valence-electron chi connectivity index (χ1n) is 8.94. The van der Waals surface area contributed by atoms with E-state index in [-0.39, 0.29) is 6.03 Å². The number of hydrogen-bond donors (Lipinski definition) is 2. The Morgan fingerprint density at radius 2 is 2.12 bits per heavy atom. The summed E-state index contributed by atoms with van der Waals surface area (Å²) in [7, 11) is 1.71. The summed E-state index contributed by atoms with van der Waals surface area (Å²) in [4.78, 5) is 14.6. The van der Waals surface area contributed by atoms with Gasteiger partial charge in [-0.05, 0) is 31.5 Å². The zero-order chi connectivity index (χ0) is 17.5. The van der Waals surface area contributed by atoms with Gasteiger partial charge in [-0.15, -0.1) is 0 Å². The van der Waals surface area contributed by atoms with Crippen molar-refractivity contribution in [3.63, 3.8) is 0 Å². The molecule has 0 spiro atoms. The summed E-state index contributed by atoms with van der Waals surface area (Å²) in [5.74, 6) is 1.40. The summed E-state index contributed by atoms with van der Waals surface area (Å²) in [6, 6.07) is 5.64. The van der Waals surface area contributed by atoms with Gasteiger partial charge in [-0.3, -0.25) is 4.90 Å². The van der Waals surface area contributed by atoms with E-state index in [1.165, 1.54) is 6.42 Å². The third kappa shape index (κ3) is 4.99. The molecule has 0 aromatic heterocycles. The molecule has 1 aromatic carbocycles. The topological polar surface area (TPSA) is 72.1 Å². The van der Waals surface area contributed by atoms with E-state index < -0.39 is 0 Å². The Morgan fingerprint density at radius 1 is 1.28 bits per heavy atom. The lowest BCUT2D eigenvalue weighted by atomic mass is 10.2. The van der Waals surface area contributed by atoms with Gasteiger partial charge in [0.15, 0.2) is 11.5 Å². The minimum absolute atomic E-state index is 0.201. The summed E-state index contributed by atoms with van der Waals surface area (Å²) >= 11 is 0. The van der Waals surface area contributed by atoms with Gasteiger partial charge in [0.1, 0.15) is 0 Å². The van der Waals surface area contributed by atoms with Crippen molar-refractivity contribution in [3.8, 4) is 11.5 Å². The van der Waals surface area contributed by atoms with Gasteiger partial charge in [0.2, 0.25) is 0 Å². The SMILES string of the molecule is COCCN1CCCC1CNC(=O)Nc1ccc2c(c1)OCCCO2. The van der Waals surface area contributed by atoms with Crippen LogP contribution in [0.25, 0.3) is 0 Å². The molecule has 2 heterocycles. The Morgan fingerprint density at radius 3 is 2.96 bits per heavy atom. The van der Waals surface area contributed by atoms with E-state index in [2.05, 4.69) is 15.5 Å². The van der Waals surface area contributed by atoms with Gasteiger partial charge in [-0.2, -0.15) is 0 Å². The molecule has 1 unspecified atom stereocenters. The van der Waals surface area contributed by atoms with Crippen molar-refractivity contribution in [3.05, 3.63) is 18.2 Å². The molecule has 2 amide bonds. The molecule has 25 heavy (non-hydrogen) atoms. The maximum absolute atomic E-state index is 12.2. The first-order chi connectivity index (χ1) is 12.3. The monoisotopic (exact) mass is 349 g/mol. The van der Waals surface area contributed by atoms with Crippen LogP contribution < -0.4 is 20.1 Å². The van der Waals surface area contributed by atoms with Crippen molar-refractivity contribution >= 4 is 11.7 Å². The van der Waals surface area contributed by atoms with E-state index in [1.807, 2.05) is 12.1 Å². The van der Waals surface area contributed by atoms with Crippen LogP contribution in [-0.2, 0) is 4.74 Å². The Kier molecular flexibility index (Phi) is 6.36. The normalized spacial score (nSPS) is 20.1. The fourth-order valence-electron chi connectivity index (χ4n) is 3.26. The van der Waals surface area contributed by atoms with Crippen molar-refractivity contribution in [2.75, 3.05) is 51.9 Å². The number of carbonyl (C=O) groups excluding carboxylic acids is 1. The molecule has 1 atom stereocenters. The maximum Gasteiger partial charge on any atom is 0.319 e. The van der Waals surface area contributed by atoms with Crippen LogP contribution in [0.2, 0.25) is 0 Å². The van der Waals surface area contributed by atoms with Crippen molar-refractivity contribution < 1.29 is 19.0 Å². The molecule has 1 fully saturated rings. The summed E-state index contributed by atoms with van der Waals surface area (Å²) in [5, 5.41) is 5.83. The van der Waals surface area contributed by atoms with E-state index in [1.54, 1.807) is 13.2 Å². The lowest BCUT2D eigenvalue weighted by molar-refractivity contribution is 0.140. The summed E-state index contributed by atoms with van der Waals surface area (Å²) in [6.45, 7) is 4.62. The number of rotatable bonds is 6. The number of amides is 2. The number of methoxy groups -OCH3 is 1. The Labute approximate surface area is 148 Å². The Hall–Kier alpha value is -1.99. The number of ether oxygens (including phenoxy) is 3. The van der Waals surface area contributed by atoms with Crippen LogP contribution in [0, 0.1) is 0 Å². The molecule has 1 saturated heterocycles. The molecule has 0 radical (unpaired) electrons. The number of benzene rings is 1. The van der Waals surface area contributed by atoms with Crippen LogP contribution in [-0.4, -0.2) is 63.5 Å². The molecule has 7 heteroatoms. The Bertz CT molecular complexity index is 581. The van der Waals surface area contributed by atoms with Crippen LogP contribution in [0.3, 0.4) is 0 Å². The highest BCUT2D eigenvalue weighted by atomic mass is 16.5. The standard InChI is InChI=1S/C18H27N3O4/c1-23-11-8-21-7-2-4-15(21)13-19-18(22)20-14-5-6-16-17(12-14)25-10-3-9-24-16/h5-6,12,15H,2-4,7-11,13H2,1H3,(H2,19,20,22). The van der Waals surface area contributed by atoms with Gasteiger partial charge < -0.3 is 24.8 Å². The average Bonchev–Trinajstić information content (AvgIpc) is 2.93. The number of fused-ring (bicyclic) bond motifs is 1. The van der Waals surface area contributed by atoms with Crippen LogP contribution in [0.1, 0.15) is 19.3 Å². The molecule has 0 aliphatic carbocycles. The summed E-state index contributed by atoms with van der Waals surface area (Å²) < 4.78 is 16.4. The van der Waals surface area contributed by atoms with Crippen LogP contribution in [0.5, 0.6) is 11.5 Å². The number of carbonyl (C=O) groups is 1. The zero-order valence-corrected chi connectivity index (χ0v) is 14.8. The second kappa shape index (κ2) is 8.92. The number of nitrogens with one attached hydrogen (secondary N) is 2. The van der Waals surface area contributed by atoms with Crippen LogP contribution >= 0.6 is 0 Å². The molecule has 138 valence electrons. The predicted octanol–water partition coefficient (Wildman–Crippen LogP) is 2.08. The molecule has 0 saturated carbocycles. The second-order valence-corrected chi connectivity index (χ2v) is 6.37. The smallest absolute Gasteiger partial charge is 0.319 e. The van der Waals surface area contributed by atoms with Gasteiger partial charge in [0.05, 0.1) is 19.8 Å². The highest BCUT2D eigenvalue weighted by Gasteiger charge is 2.24. The van der Waals surface area contributed by atoms with Gasteiger partial charge in [-0.1, -0.05) is 0 Å². The Balaban J connectivity index is 1.48. The quantitative estimate of drug-likeness (QED) is 0.823. The summed E-state index contributed by atoms with van der Waals surface area (Å²) in [6.07, 6.45) is 3.13. The molecule has 2 aliphatic rings. The van der Waals surface area contributed by atoms with Gasteiger partial charge in [-0.25, -0.2) is 4.79 Å². The first-order valence-corrected chi connectivity index (χ1v) is 8.94. The number of nitrogens with zero attached hydrogens (tertiary/aromatic N) is 1. The van der Waals surface area contributed by atoms with Gasteiger partial charge >= 0.3 is 6.03 Å². The number of anilines is 1. The molecule has 7 nitrogen and oxygen atoms in total. The fraction of sp³-hybridized carbons (Fsp3) is 0.611. The number of likely N-dealkylation sites (tertiary alicyclic amines) is 1. The average molecular weight is 349 g/mol. The first kappa shape index (κ1) is 17.8. The lowest BCUT2D eigenvalue weighted by Gasteiger charge is -2.24. The number of urea groups is 1. The van der Waals surface area contributed by atoms with E-state index in [0.29, 0.717) is 37.2 Å². The molecule has 1 aromatic rings. The van der Waals surface area contributed by atoms with E-state index >= 15 is 0 Å². The predicted molar refractivity (Wildman–Crippen MR) is 95.5 cm³/mol. The largest absolute Gasteiger partial charge is 0.490 e. The third-order valence-corrected chi connectivity index (χ3v) is 4.59. The highest BCUT2D eigenvalue weighted by molar-refractivity contribution is 5.89. The summed E-state index contributed by atoms with van der Waals surface area (Å²) in [5.41, 5.74) is 0.699. The van der Waals surface area contributed by atoms with Crippen LogP contribution in [0.4, 0.5) is 10.5 Å². The zero-order valence-electron chi connectivity index (χ0n) is 14.8. The van der Waals surface area contributed by atoms with E-state index in [9.17, 15) is 4.79 Å². The van der Waals surface area contributed by atoms with Crippen molar-refractivity contribution in [1.82, 2.24) is 10.2 Å². The highest BCUT2D eigenvalue weighted by Crippen LogP contribution is 2.32. The maximum atomic E-state index is 12.2. The molecule has 3 rings (SSSR count). The number of hydrogen-bond acceptors (Lipinski definition) is 5. The lowest BCUT2D eigenvalue weighted by Crippen LogP contribution is -2.42. The minimum atomic E-state index is -0.201. The molecule has 2 aliphatic heterocycles. The molecule has 2 N–H and O–H groups in total. The van der Waals surface area contributed by atoms with Gasteiger partial charge in [0, 0.05) is 44.4 Å².